The second-order valence-corrected chi connectivity index (χ2v) is 7.88. The van der Waals surface area contributed by atoms with Crippen molar-refractivity contribution in [3.8, 4) is 11.4 Å². The molecular formula is C19H18Cl2N6O4. The van der Waals surface area contributed by atoms with Crippen LogP contribution >= 0.6 is 23.2 Å². The highest BCUT2D eigenvalue weighted by atomic mass is 35.5. The molecule has 12 heteroatoms. The maximum atomic E-state index is 13.0. The SMILES string of the molecule is O=C(O)N1CCO[C@@H](c2ccc(Cl)c(Cl)c2)[C@@H](Cn2cccc(-c3nn[nH]n3)c2=O)C1. The number of aromatic nitrogens is 5. The number of rotatable bonds is 4. The predicted octanol–water partition coefficient (Wildman–Crippen LogP) is 2.70. The summed E-state index contributed by atoms with van der Waals surface area (Å²) in [6.45, 7) is 0.825. The standard InChI is InChI=1S/C19H18Cl2N6O4/c20-14-4-3-11(8-15(14)21)16-12(10-27(19(29)30)6-7-31-16)9-26-5-1-2-13(18(26)28)17-22-24-25-23-17/h1-5,8,12,16H,6-7,9-10H2,(H,29,30)(H,22,23,24,25)/t12-,16-/m0/s1. The van der Waals surface area contributed by atoms with Crippen molar-refractivity contribution in [3.63, 3.8) is 0 Å². The Morgan fingerprint density at radius 3 is 2.84 bits per heavy atom. The van der Waals surface area contributed by atoms with Gasteiger partial charge >= 0.3 is 6.09 Å². The average Bonchev–Trinajstić information content (AvgIpc) is 3.19. The third-order valence-corrected chi connectivity index (χ3v) is 5.86. The molecule has 0 radical (unpaired) electrons. The van der Waals surface area contributed by atoms with Gasteiger partial charge in [-0.2, -0.15) is 5.21 Å². The number of hydrogen-bond donors (Lipinski definition) is 2. The number of nitrogens with zero attached hydrogens (tertiary/aromatic N) is 5. The van der Waals surface area contributed by atoms with Gasteiger partial charge in [0.25, 0.3) is 5.56 Å². The Morgan fingerprint density at radius 2 is 2.13 bits per heavy atom. The number of ether oxygens (including phenoxy) is 1. The predicted molar refractivity (Wildman–Crippen MR) is 112 cm³/mol. The Morgan fingerprint density at radius 1 is 1.29 bits per heavy atom. The first-order valence-corrected chi connectivity index (χ1v) is 10.2. The van der Waals surface area contributed by atoms with E-state index in [1.54, 1.807) is 36.5 Å². The van der Waals surface area contributed by atoms with E-state index < -0.39 is 12.2 Å². The van der Waals surface area contributed by atoms with Gasteiger partial charge < -0.3 is 19.3 Å². The molecule has 1 fully saturated rings. The van der Waals surface area contributed by atoms with Crippen LogP contribution in [0.2, 0.25) is 10.0 Å². The first-order chi connectivity index (χ1) is 14.9. The fourth-order valence-corrected chi connectivity index (χ4v) is 3.97. The average molecular weight is 465 g/mol. The number of tetrazole rings is 1. The molecule has 1 amide bonds. The van der Waals surface area contributed by atoms with E-state index in [9.17, 15) is 14.7 Å². The zero-order valence-corrected chi connectivity index (χ0v) is 17.6. The summed E-state index contributed by atoms with van der Waals surface area (Å²) >= 11 is 12.2. The largest absolute Gasteiger partial charge is 0.465 e. The normalized spacial score (nSPS) is 19.2. The van der Waals surface area contributed by atoms with Gasteiger partial charge in [-0.1, -0.05) is 29.3 Å². The zero-order valence-electron chi connectivity index (χ0n) is 16.1. The third kappa shape index (κ3) is 4.55. The Balaban J connectivity index is 1.70. The molecule has 2 aromatic heterocycles. The Bertz CT molecular complexity index is 1140. The van der Waals surface area contributed by atoms with Crippen LogP contribution in [0.3, 0.4) is 0 Å². The summed E-state index contributed by atoms with van der Waals surface area (Å²) in [6, 6.07) is 8.47. The molecule has 162 valence electrons. The maximum Gasteiger partial charge on any atom is 0.407 e. The van der Waals surface area contributed by atoms with Crippen molar-refractivity contribution in [3.05, 3.63) is 62.5 Å². The van der Waals surface area contributed by atoms with Crippen molar-refractivity contribution < 1.29 is 14.6 Å². The molecule has 0 spiro atoms. The number of benzene rings is 1. The van der Waals surface area contributed by atoms with E-state index in [0.29, 0.717) is 10.0 Å². The summed E-state index contributed by atoms with van der Waals surface area (Å²) in [5, 5.41) is 23.9. The molecule has 3 aromatic rings. The number of carbonyl (C=O) groups is 1. The van der Waals surface area contributed by atoms with Crippen LogP contribution in [-0.2, 0) is 11.3 Å². The zero-order chi connectivity index (χ0) is 22.0. The van der Waals surface area contributed by atoms with Crippen molar-refractivity contribution in [2.75, 3.05) is 19.7 Å². The minimum Gasteiger partial charge on any atom is -0.465 e. The van der Waals surface area contributed by atoms with Crippen LogP contribution in [0.25, 0.3) is 11.4 Å². The molecule has 1 aliphatic rings. The molecule has 0 unspecified atom stereocenters. The fraction of sp³-hybridized carbons (Fsp3) is 0.316. The molecule has 0 aliphatic carbocycles. The Labute approximate surface area is 186 Å². The Kier molecular flexibility index (Phi) is 6.21. The van der Waals surface area contributed by atoms with Gasteiger partial charge in [0.2, 0.25) is 5.82 Å². The van der Waals surface area contributed by atoms with E-state index in [1.165, 1.54) is 9.47 Å². The highest BCUT2D eigenvalue weighted by Crippen LogP contribution is 2.34. The molecule has 0 bridgehead atoms. The Hall–Kier alpha value is -2.95. The van der Waals surface area contributed by atoms with Crippen LogP contribution in [0.5, 0.6) is 0 Å². The number of carboxylic acid groups (broad SMARTS) is 1. The number of amides is 1. The van der Waals surface area contributed by atoms with E-state index in [2.05, 4.69) is 20.6 Å². The van der Waals surface area contributed by atoms with Gasteiger partial charge in [0, 0.05) is 31.7 Å². The van der Waals surface area contributed by atoms with E-state index in [-0.39, 0.29) is 49.1 Å². The lowest BCUT2D eigenvalue weighted by atomic mass is 9.94. The van der Waals surface area contributed by atoms with Crippen LogP contribution in [-0.4, -0.2) is 61.0 Å². The number of hydrogen-bond acceptors (Lipinski definition) is 6. The molecule has 4 rings (SSSR count). The lowest BCUT2D eigenvalue weighted by molar-refractivity contribution is 0.0251. The summed E-state index contributed by atoms with van der Waals surface area (Å²) in [4.78, 5) is 26.0. The number of H-pyrrole nitrogens is 1. The molecule has 10 nitrogen and oxygen atoms in total. The van der Waals surface area contributed by atoms with E-state index in [1.807, 2.05) is 0 Å². The van der Waals surface area contributed by atoms with E-state index >= 15 is 0 Å². The van der Waals surface area contributed by atoms with Gasteiger partial charge in [-0.25, -0.2) is 4.79 Å². The monoisotopic (exact) mass is 464 g/mol. The van der Waals surface area contributed by atoms with Crippen LogP contribution in [0, 0.1) is 5.92 Å². The minimum absolute atomic E-state index is 0.180. The van der Waals surface area contributed by atoms with Gasteiger partial charge in [0.15, 0.2) is 0 Å². The maximum absolute atomic E-state index is 13.0. The molecule has 1 aromatic carbocycles. The van der Waals surface area contributed by atoms with Crippen molar-refractivity contribution in [1.82, 2.24) is 30.1 Å². The summed E-state index contributed by atoms with van der Waals surface area (Å²) in [7, 11) is 0. The van der Waals surface area contributed by atoms with Crippen molar-refractivity contribution in [2.24, 2.45) is 5.92 Å². The highest BCUT2D eigenvalue weighted by molar-refractivity contribution is 6.42. The number of nitrogens with one attached hydrogen (secondary N) is 1. The minimum atomic E-state index is -1.05. The van der Waals surface area contributed by atoms with Crippen LogP contribution in [0.4, 0.5) is 4.79 Å². The molecule has 0 saturated carbocycles. The van der Waals surface area contributed by atoms with Gasteiger partial charge in [-0.05, 0) is 35.0 Å². The second-order valence-electron chi connectivity index (χ2n) is 7.07. The van der Waals surface area contributed by atoms with E-state index in [0.717, 1.165) is 5.56 Å². The lowest BCUT2D eigenvalue weighted by Crippen LogP contribution is -2.37. The van der Waals surface area contributed by atoms with Crippen molar-refractivity contribution in [2.45, 2.75) is 12.6 Å². The number of aromatic amines is 1. The molecule has 31 heavy (non-hydrogen) atoms. The number of pyridine rings is 1. The van der Waals surface area contributed by atoms with Crippen molar-refractivity contribution >= 4 is 29.3 Å². The van der Waals surface area contributed by atoms with Gasteiger partial charge in [0.05, 0.1) is 28.3 Å². The summed E-state index contributed by atoms with van der Waals surface area (Å²) < 4.78 is 7.53. The van der Waals surface area contributed by atoms with Crippen LogP contribution in [0.1, 0.15) is 11.7 Å². The highest BCUT2D eigenvalue weighted by Gasteiger charge is 2.32. The smallest absolute Gasteiger partial charge is 0.407 e. The fourth-order valence-electron chi connectivity index (χ4n) is 3.66. The first-order valence-electron chi connectivity index (χ1n) is 9.41. The third-order valence-electron chi connectivity index (χ3n) is 5.12. The number of halogens is 2. The van der Waals surface area contributed by atoms with Gasteiger partial charge in [-0.3, -0.25) is 4.79 Å². The van der Waals surface area contributed by atoms with E-state index in [4.69, 9.17) is 27.9 Å². The van der Waals surface area contributed by atoms with Crippen LogP contribution < -0.4 is 5.56 Å². The summed E-state index contributed by atoms with van der Waals surface area (Å²) in [6.07, 6.45) is 0.101. The first kappa shape index (κ1) is 21.3. The molecule has 2 N–H and O–H groups in total. The molecule has 3 heterocycles. The van der Waals surface area contributed by atoms with Crippen molar-refractivity contribution in [1.29, 1.82) is 0 Å². The summed E-state index contributed by atoms with van der Waals surface area (Å²) in [5.41, 5.74) is 0.726. The topological polar surface area (TPSA) is 126 Å². The lowest BCUT2D eigenvalue weighted by Gasteiger charge is -2.28. The second kappa shape index (κ2) is 9.04. The summed E-state index contributed by atoms with van der Waals surface area (Å²) in [5.74, 6) is -0.182. The molecule has 1 aliphatic heterocycles. The van der Waals surface area contributed by atoms with Crippen LogP contribution in [0.15, 0.2) is 41.3 Å². The molecule has 2 atom stereocenters. The van der Waals surface area contributed by atoms with Gasteiger partial charge in [-0.15, -0.1) is 10.2 Å². The van der Waals surface area contributed by atoms with Gasteiger partial charge in [0.1, 0.15) is 0 Å². The molecule has 1 saturated heterocycles. The molecular weight excluding hydrogens is 447 g/mol. The quantitative estimate of drug-likeness (QED) is 0.607.